The molecule has 11 nitrogen and oxygen atoms in total. The maximum absolute atomic E-state index is 12.4. The van der Waals surface area contributed by atoms with Crippen LogP contribution in [0, 0.1) is 11.3 Å². The van der Waals surface area contributed by atoms with Crippen molar-refractivity contribution in [3.05, 3.63) is 71.1 Å². The van der Waals surface area contributed by atoms with Gasteiger partial charge in [-0.25, -0.2) is 9.59 Å². The van der Waals surface area contributed by atoms with Gasteiger partial charge in [-0.05, 0) is 61.8 Å². The molecule has 4 rings (SSSR count). The normalized spacial score (nSPS) is 16.4. The van der Waals surface area contributed by atoms with Gasteiger partial charge in [-0.3, -0.25) is 14.6 Å². The molecule has 1 aromatic heterocycles. The minimum Gasteiger partial charge on any atom is -0.478 e. The van der Waals surface area contributed by atoms with Crippen LogP contribution in [0.3, 0.4) is 0 Å². The molecule has 11 heteroatoms. The van der Waals surface area contributed by atoms with E-state index < -0.39 is 17.9 Å². The minimum atomic E-state index is -1.26. The number of amides is 2. The van der Waals surface area contributed by atoms with Crippen LogP contribution in [0.15, 0.2) is 48.7 Å². The van der Waals surface area contributed by atoms with Gasteiger partial charge in [-0.2, -0.15) is 5.26 Å². The summed E-state index contributed by atoms with van der Waals surface area (Å²) in [6.45, 7) is 3.67. The van der Waals surface area contributed by atoms with Gasteiger partial charge < -0.3 is 25.7 Å². The van der Waals surface area contributed by atoms with Gasteiger partial charge in [-0.1, -0.05) is 0 Å². The van der Waals surface area contributed by atoms with Gasteiger partial charge in [0.1, 0.15) is 5.92 Å². The summed E-state index contributed by atoms with van der Waals surface area (Å²) in [6.07, 6.45) is 5.07. The molecule has 1 fully saturated rings. The quantitative estimate of drug-likeness (QED) is 0.419. The van der Waals surface area contributed by atoms with Crippen molar-refractivity contribution in [2.24, 2.45) is 0 Å². The number of rotatable bonds is 7. The first-order chi connectivity index (χ1) is 17.3. The summed E-state index contributed by atoms with van der Waals surface area (Å²) < 4.78 is 0. The number of hydrogen-bond acceptors (Lipinski definition) is 7. The number of fused-ring (bicyclic) bond motifs is 1. The Bertz CT molecular complexity index is 1200. The molecule has 2 amide bonds. The predicted molar refractivity (Wildman–Crippen MR) is 128 cm³/mol. The van der Waals surface area contributed by atoms with E-state index >= 15 is 0 Å². The average Bonchev–Trinajstić information content (AvgIpc) is 3.49. The van der Waals surface area contributed by atoms with Crippen LogP contribution in [-0.4, -0.2) is 70.0 Å². The number of carbonyl (C=O) groups excluding carboxylic acids is 2. The highest BCUT2D eigenvalue weighted by Crippen LogP contribution is 2.36. The maximum Gasteiger partial charge on any atom is 0.328 e. The summed E-state index contributed by atoms with van der Waals surface area (Å²) in [6, 6.07) is 10.6. The van der Waals surface area contributed by atoms with E-state index in [-0.39, 0.29) is 11.8 Å². The lowest BCUT2D eigenvalue weighted by Gasteiger charge is -2.14. The largest absolute Gasteiger partial charge is 0.478 e. The van der Waals surface area contributed by atoms with Gasteiger partial charge in [0.15, 0.2) is 0 Å². The molecule has 186 valence electrons. The van der Waals surface area contributed by atoms with Crippen molar-refractivity contribution in [3.8, 4) is 6.07 Å². The zero-order chi connectivity index (χ0) is 26.1. The molecule has 36 heavy (non-hydrogen) atoms. The van der Waals surface area contributed by atoms with Crippen molar-refractivity contribution in [1.29, 1.82) is 5.26 Å². The lowest BCUT2D eigenvalue weighted by Crippen LogP contribution is -2.33. The number of aromatic nitrogens is 1. The standard InChI is InChI=1S/C21H21N5O2.C4H4O4/c22-12-14-3-5-17-16(11-14)19(21(28)25-17)18-6-4-15(13-24-18)20(27)23-7-10-26-8-1-2-9-26;5-3(6)1-2-4(7)8/h3-6,11,13,19H,1-2,7-10H2,(H,23,27)(H,25,28);1-2H,(H,5,6)(H,7,8)/b;2-1+. The van der Waals surface area contributed by atoms with Crippen LogP contribution in [0.25, 0.3) is 0 Å². The van der Waals surface area contributed by atoms with E-state index in [1.807, 2.05) is 0 Å². The Morgan fingerprint density at radius 2 is 1.83 bits per heavy atom. The highest BCUT2D eigenvalue weighted by Gasteiger charge is 2.33. The zero-order valence-corrected chi connectivity index (χ0v) is 19.3. The molecule has 0 aliphatic carbocycles. The van der Waals surface area contributed by atoms with E-state index in [2.05, 4.69) is 26.6 Å². The van der Waals surface area contributed by atoms with E-state index in [0.29, 0.717) is 41.2 Å². The third kappa shape index (κ3) is 6.97. The number of carbonyl (C=O) groups is 4. The first kappa shape index (κ1) is 26.1. The fraction of sp³-hybridized carbons (Fsp3) is 0.280. The van der Waals surface area contributed by atoms with Crippen molar-refractivity contribution < 1.29 is 29.4 Å². The molecule has 4 N–H and O–H groups in total. The van der Waals surface area contributed by atoms with Crippen molar-refractivity contribution in [2.75, 3.05) is 31.5 Å². The maximum atomic E-state index is 12.4. The molecule has 1 atom stereocenters. The van der Waals surface area contributed by atoms with Crippen LogP contribution in [0.1, 0.15) is 45.9 Å². The van der Waals surface area contributed by atoms with Gasteiger partial charge in [0.25, 0.3) is 5.91 Å². The van der Waals surface area contributed by atoms with E-state index in [1.54, 1.807) is 30.3 Å². The lowest BCUT2D eigenvalue weighted by atomic mass is 9.95. The summed E-state index contributed by atoms with van der Waals surface area (Å²) in [5, 5.41) is 30.5. The van der Waals surface area contributed by atoms with E-state index in [9.17, 15) is 19.2 Å². The molecule has 0 radical (unpaired) electrons. The number of hydrogen-bond donors (Lipinski definition) is 4. The third-order valence-corrected chi connectivity index (χ3v) is 5.64. The number of carboxylic acids is 2. The third-order valence-electron chi connectivity index (χ3n) is 5.64. The van der Waals surface area contributed by atoms with Crippen LogP contribution < -0.4 is 10.6 Å². The summed E-state index contributed by atoms with van der Waals surface area (Å²) in [5.74, 6) is -3.43. The minimum absolute atomic E-state index is 0.165. The Hall–Kier alpha value is -4.56. The summed E-state index contributed by atoms with van der Waals surface area (Å²) >= 11 is 0. The number of nitrogens with zero attached hydrogens (tertiary/aromatic N) is 3. The Morgan fingerprint density at radius 3 is 2.42 bits per heavy atom. The summed E-state index contributed by atoms with van der Waals surface area (Å²) in [4.78, 5) is 50.5. The molecule has 2 aromatic rings. The van der Waals surface area contributed by atoms with Gasteiger partial charge in [-0.15, -0.1) is 0 Å². The SMILES string of the molecule is N#Cc1ccc2c(c1)C(c1ccc(C(=O)NCCN3CCCC3)cn1)C(=O)N2.O=C(O)/C=C/C(=O)O. The second-order valence-electron chi connectivity index (χ2n) is 8.12. The number of nitrogens with one attached hydrogen (secondary N) is 2. The number of carboxylic acid groups (broad SMARTS) is 2. The van der Waals surface area contributed by atoms with Crippen LogP contribution >= 0.6 is 0 Å². The number of aliphatic carboxylic acids is 2. The Balaban J connectivity index is 0.000000392. The smallest absolute Gasteiger partial charge is 0.328 e. The number of pyridine rings is 1. The fourth-order valence-corrected chi connectivity index (χ4v) is 3.91. The molecule has 2 aliphatic rings. The number of nitriles is 1. The molecule has 0 saturated carbocycles. The molecule has 1 saturated heterocycles. The second-order valence-corrected chi connectivity index (χ2v) is 8.12. The molecule has 3 heterocycles. The number of likely N-dealkylation sites (tertiary alicyclic amines) is 1. The number of anilines is 1. The van der Waals surface area contributed by atoms with Crippen LogP contribution in [-0.2, 0) is 14.4 Å². The van der Waals surface area contributed by atoms with Crippen LogP contribution in [0.4, 0.5) is 5.69 Å². The summed E-state index contributed by atoms with van der Waals surface area (Å²) in [5.41, 5.74) is 2.95. The highest BCUT2D eigenvalue weighted by molar-refractivity contribution is 6.05. The molecular weight excluding hydrogens is 466 g/mol. The molecule has 1 aromatic carbocycles. The second kappa shape index (κ2) is 12.2. The monoisotopic (exact) mass is 491 g/mol. The molecule has 1 unspecified atom stereocenters. The van der Waals surface area contributed by atoms with Crippen molar-refractivity contribution in [3.63, 3.8) is 0 Å². The zero-order valence-electron chi connectivity index (χ0n) is 19.3. The number of benzene rings is 1. The van der Waals surface area contributed by atoms with E-state index in [1.165, 1.54) is 19.0 Å². The Kier molecular flexibility index (Phi) is 8.85. The van der Waals surface area contributed by atoms with Crippen molar-refractivity contribution >= 4 is 29.4 Å². The Labute approximate surface area is 207 Å². The van der Waals surface area contributed by atoms with Gasteiger partial charge in [0.2, 0.25) is 5.91 Å². The van der Waals surface area contributed by atoms with Crippen molar-refractivity contribution in [2.45, 2.75) is 18.8 Å². The molecule has 2 aliphatic heterocycles. The fourth-order valence-electron chi connectivity index (χ4n) is 3.91. The van der Waals surface area contributed by atoms with Crippen molar-refractivity contribution in [1.82, 2.24) is 15.2 Å². The van der Waals surface area contributed by atoms with Crippen LogP contribution in [0.5, 0.6) is 0 Å². The predicted octanol–water partition coefficient (Wildman–Crippen LogP) is 1.57. The van der Waals surface area contributed by atoms with Gasteiger partial charge >= 0.3 is 11.9 Å². The first-order valence-electron chi connectivity index (χ1n) is 11.2. The van der Waals surface area contributed by atoms with Gasteiger partial charge in [0, 0.05) is 37.1 Å². The Morgan fingerprint density at radius 1 is 1.14 bits per heavy atom. The molecule has 0 spiro atoms. The summed E-state index contributed by atoms with van der Waals surface area (Å²) in [7, 11) is 0. The molecular formula is C25H25N5O6. The lowest BCUT2D eigenvalue weighted by molar-refractivity contribution is -0.134. The highest BCUT2D eigenvalue weighted by atomic mass is 16.4. The van der Waals surface area contributed by atoms with Gasteiger partial charge in [0.05, 0.1) is 22.9 Å². The topological polar surface area (TPSA) is 173 Å². The molecule has 0 bridgehead atoms. The average molecular weight is 492 g/mol. The van der Waals surface area contributed by atoms with Crippen LogP contribution in [0.2, 0.25) is 0 Å². The van der Waals surface area contributed by atoms with E-state index in [0.717, 1.165) is 25.2 Å². The first-order valence-corrected chi connectivity index (χ1v) is 11.2. The van der Waals surface area contributed by atoms with E-state index in [4.69, 9.17) is 15.5 Å².